The Morgan fingerprint density at radius 3 is 2.44 bits per heavy atom. The van der Waals surface area contributed by atoms with Crippen LogP contribution in [-0.2, 0) is 4.74 Å². The van der Waals surface area contributed by atoms with Crippen LogP contribution in [0.15, 0.2) is 0 Å². The van der Waals surface area contributed by atoms with Gasteiger partial charge in [0.1, 0.15) is 0 Å². The van der Waals surface area contributed by atoms with Gasteiger partial charge in [-0.2, -0.15) is 0 Å². The van der Waals surface area contributed by atoms with Gasteiger partial charge in [0.25, 0.3) is 0 Å². The molecule has 0 aliphatic heterocycles. The number of nitrogens with zero attached hydrogens (tertiary/aromatic N) is 1. The van der Waals surface area contributed by atoms with E-state index in [0.717, 1.165) is 6.54 Å². The Morgan fingerprint density at radius 1 is 1.56 bits per heavy atom. The third kappa shape index (κ3) is 7.88. The molecular formula is C6H15NO2. The Morgan fingerprint density at radius 2 is 2.11 bits per heavy atom. The second-order valence-electron chi connectivity index (χ2n) is 2.27. The zero-order chi connectivity index (χ0) is 7.28. The van der Waals surface area contributed by atoms with Crippen molar-refractivity contribution < 1.29 is 9.84 Å². The summed E-state index contributed by atoms with van der Waals surface area (Å²) in [5, 5.41) is 8.62. The van der Waals surface area contributed by atoms with Crippen molar-refractivity contribution in [3.63, 3.8) is 0 Å². The summed E-state index contributed by atoms with van der Waals surface area (Å²) < 4.78 is 4.87. The van der Waals surface area contributed by atoms with Crippen LogP contribution in [0.3, 0.4) is 0 Å². The van der Waals surface area contributed by atoms with E-state index < -0.39 is 6.29 Å². The predicted molar refractivity (Wildman–Crippen MR) is 36.2 cm³/mol. The number of hydrogen-bond donors (Lipinski definition) is 1. The quantitative estimate of drug-likeness (QED) is 0.544. The predicted octanol–water partition coefficient (Wildman–Crippen LogP) is -0.0971. The monoisotopic (exact) mass is 133 g/mol. The smallest absolute Gasteiger partial charge is 0.151 e. The molecule has 0 aromatic carbocycles. The molecule has 0 saturated heterocycles. The summed E-state index contributed by atoms with van der Waals surface area (Å²) in [5.41, 5.74) is 0. The standard InChI is InChI=1S/C6H15NO2/c1-6(8)9-5-4-7(2)3/h6,8H,4-5H2,1-3H3. The fraction of sp³-hybridized carbons (Fsp3) is 1.00. The molecule has 0 spiro atoms. The summed E-state index contributed by atoms with van der Waals surface area (Å²) in [6.07, 6.45) is -0.634. The highest BCUT2D eigenvalue weighted by Gasteiger charge is 1.93. The fourth-order valence-corrected chi connectivity index (χ4v) is 0.406. The van der Waals surface area contributed by atoms with Crippen molar-refractivity contribution in [2.45, 2.75) is 13.2 Å². The average Bonchev–Trinajstić information content (AvgIpc) is 1.63. The molecule has 0 bridgehead atoms. The van der Waals surface area contributed by atoms with Crippen LogP contribution in [0.1, 0.15) is 6.92 Å². The summed E-state index contributed by atoms with van der Waals surface area (Å²) >= 11 is 0. The lowest BCUT2D eigenvalue weighted by Gasteiger charge is -2.10. The van der Waals surface area contributed by atoms with E-state index in [2.05, 4.69) is 0 Å². The van der Waals surface area contributed by atoms with Crippen LogP contribution < -0.4 is 0 Å². The van der Waals surface area contributed by atoms with Crippen molar-refractivity contribution in [2.24, 2.45) is 0 Å². The highest BCUT2D eigenvalue weighted by molar-refractivity contribution is 4.39. The molecule has 0 saturated carbocycles. The zero-order valence-electron chi connectivity index (χ0n) is 6.29. The Labute approximate surface area is 56.2 Å². The van der Waals surface area contributed by atoms with Gasteiger partial charge in [0.2, 0.25) is 0 Å². The summed E-state index contributed by atoms with van der Waals surface area (Å²) in [4.78, 5) is 2.00. The average molecular weight is 133 g/mol. The molecule has 0 aromatic heterocycles. The zero-order valence-corrected chi connectivity index (χ0v) is 6.29. The van der Waals surface area contributed by atoms with E-state index in [4.69, 9.17) is 9.84 Å². The summed E-state index contributed by atoms with van der Waals surface area (Å²) in [6, 6.07) is 0. The highest BCUT2D eigenvalue weighted by atomic mass is 16.6. The highest BCUT2D eigenvalue weighted by Crippen LogP contribution is 1.83. The molecule has 1 unspecified atom stereocenters. The van der Waals surface area contributed by atoms with E-state index in [0.29, 0.717) is 6.61 Å². The van der Waals surface area contributed by atoms with Gasteiger partial charge in [-0.05, 0) is 21.0 Å². The lowest BCUT2D eigenvalue weighted by molar-refractivity contribution is -0.0874. The molecule has 9 heavy (non-hydrogen) atoms. The molecular weight excluding hydrogens is 118 g/mol. The topological polar surface area (TPSA) is 32.7 Å². The summed E-state index contributed by atoms with van der Waals surface area (Å²) in [6.45, 7) is 3.05. The SMILES string of the molecule is CC(O)OCCN(C)C. The van der Waals surface area contributed by atoms with Gasteiger partial charge in [0.05, 0.1) is 6.61 Å². The number of rotatable bonds is 4. The molecule has 3 heteroatoms. The van der Waals surface area contributed by atoms with Crippen LogP contribution in [0.2, 0.25) is 0 Å². The number of aliphatic hydroxyl groups excluding tert-OH is 1. The Hall–Kier alpha value is -0.120. The second kappa shape index (κ2) is 4.73. The van der Waals surface area contributed by atoms with Crippen LogP contribution in [0.5, 0.6) is 0 Å². The van der Waals surface area contributed by atoms with Crippen molar-refractivity contribution in [3.05, 3.63) is 0 Å². The number of ether oxygens (including phenoxy) is 1. The van der Waals surface area contributed by atoms with Gasteiger partial charge in [-0.3, -0.25) is 0 Å². The van der Waals surface area contributed by atoms with Gasteiger partial charge in [-0.15, -0.1) is 0 Å². The van der Waals surface area contributed by atoms with E-state index in [1.165, 1.54) is 0 Å². The molecule has 56 valence electrons. The van der Waals surface area contributed by atoms with Gasteiger partial charge in [-0.25, -0.2) is 0 Å². The maximum Gasteiger partial charge on any atom is 0.151 e. The second-order valence-corrected chi connectivity index (χ2v) is 2.27. The third-order valence-corrected chi connectivity index (χ3v) is 0.898. The van der Waals surface area contributed by atoms with E-state index >= 15 is 0 Å². The molecule has 3 nitrogen and oxygen atoms in total. The third-order valence-electron chi connectivity index (χ3n) is 0.898. The maximum atomic E-state index is 8.62. The molecule has 1 N–H and O–H groups in total. The number of hydrogen-bond acceptors (Lipinski definition) is 3. The van der Waals surface area contributed by atoms with Gasteiger partial charge in [-0.1, -0.05) is 0 Å². The normalized spacial score (nSPS) is 14.3. The van der Waals surface area contributed by atoms with Crippen molar-refractivity contribution >= 4 is 0 Å². The van der Waals surface area contributed by atoms with Gasteiger partial charge in [0.15, 0.2) is 6.29 Å². The first-order valence-electron chi connectivity index (χ1n) is 3.07. The van der Waals surface area contributed by atoms with Crippen LogP contribution in [0, 0.1) is 0 Å². The Kier molecular flexibility index (Phi) is 4.67. The lowest BCUT2D eigenvalue weighted by Crippen LogP contribution is -2.20. The van der Waals surface area contributed by atoms with E-state index in [-0.39, 0.29) is 0 Å². The van der Waals surface area contributed by atoms with Crippen LogP contribution in [-0.4, -0.2) is 43.5 Å². The maximum absolute atomic E-state index is 8.62. The molecule has 1 atom stereocenters. The first-order valence-corrected chi connectivity index (χ1v) is 3.07. The largest absolute Gasteiger partial charge is 0.368 e. The molecule has 0 aliphatic rings. The van der Waals surface area contributed by atoms with Crippen LogP contribution in [0.25, 0.3) is 0 Å². The van der Waals surface area contributed by atoms with Crippen molar-refractivity contribution in [2.75, 3.05) is 27.2 Å². The van der Waals surface area contributed by atoms with Crippen molar-refractivity contribution in [1.82, 2.24) is 4.90 Å². The molecule has 0 amide bonds. The summed E-state index contributed by atoms with van der Waals surface area (Å²) in [7, 11) is 3.93. The molecule has 0 radical (unpaired) electrons. The lowest BCUT2D eigenvalue weighted by atomic mass is 10.6. The van der Waals surface area contributed by atoms with Gasteiger partial charge < -0.3 is 14.7 Å². The minimum Gasteiger partial charge on any atom is -0.368 e. The molecule has 0 fully saturated rings. The van der Waals surface area contributed by atoms with Crippen LogP contribution in [0.4, 0.5) is 0 Å². The van der Waals surface area contributed by atoms with Crippen molar-refractivity contribution in [3.8, 4) is 0 Å². The molecule has 0 rings (SSSR count). The Balaban J connectivity index is 2.91. The molecule has 0 aliphatic carbocycles. The van der Waals surface area contributed by atoms with Gasteiger partial charge in [0, 0.05) is 6.54 Å². The number of aliphatic hydroxyl groups is 1. The first-order chi connectivity index (χ1) is 4.13. The van der Waals surface area contributed by atoms with E-state index in [9.17, 15) is 0 Å². The van der Waals surface area contributed by atoms with Crippen LogP contribution >= 0.6 is 0 Å². The van der Waals surface area contributed by atoms with E-state index in [1.807, 2.05) is 19.0 Å². The van der Waals surface area contributed by atoms with Gasteiger partial charge >= 0.3 is 0 Å². The first kappa shape index (κ1) is 8.88. The minimum atomic E-state index is -0.634. The fourth-order valence-electron chi connectivity index (χ4n) is 0.406. The summed E-state index contributed by atoms with van der Waals surface area (Å²) in [5.74, 6) is 0. The van der Waals surface area contributed by atoms with Crippen molar-refractivity contribution in [1.29, 1.82) is 0 Å². The minimum absolute atomic E-state index is 0.588. The molecule has 0 heterocycles. The van der Waals surface area contributed by atoms with E-state index in [1.54, 1.807) is 6.92 Å². The number of likely N-dealkylation sites (N-methyl/N-ethyl adjacent to an activating group) is 1. The molecule has 0 aromatic rings. The Bertz CT molecular complexity index is 56.1.